The van der Waals surface area contributed by atoms with Crippen LogP contribution >= 0.6 is 11.3 Å². The molecule has 0 radical (unpaired) electrons. The van der Waals surface area contributed by atoms with Crippen molar-refractivity contribution in [3.8, 4) is 0 Å². The molecule has 32 heavy (non-hydrogen) atoms. The molecule has 1 fully saturated rings. The minimum Gasteiger partial charge on any atom is -0.368 e. The Morgan fingerprint density at radius 1 is 0.781 bits per heavy atom. The smallest absolute Gasteiger partial charge is 0.278 e. The van der Waals surface area contributed by atoms with Gasteiger partial charge in [-0.25, -0.2) is 4.39 Å². The van der Waals surface area contributed by atoms with Crippen LogP contribution in [0.3, 0.4) is 0 Å². The van der Waals surface area contributed by atoms with Crippen LogP contribution in [-0.2, 0) is 16.1 Å². The Morgan fingerprint density at radius 3 is 2.12 bits per heavy atom. The summed E-state index contributed by atoms with van der Waals surface area (Å²) < 4.78 is 13.3. The number of benzene rings is 2. The second-order valence-electron chi connectivity index (χ2n) is 7.83. The number of nitrogens with zero attached hydrogens (tertiary/aromatic N) is 3. The molecule has 0 atom stereocenters. The zero-order chi connectivity index (χ0) is 22.1. The van der Waals surface area contributed by atoms with Crippen molar-refractivity contribution in [2.24, 2.45) is 0 Å². The van der Waals surface area contributed by atoms with Crippen LogP contribution in [0.4, 0.5) is 10.1 Å². The first-order valence-electron chi connectivity index (χ1n) is 10.6. The topological polar surface area (TPSA) is 43.9 Å². The van der Waals surface area contributed by atoms with Gasteiger partial charge in [-0.15, -0.1) is 11.3 Å². The fraction of sp³-hybridized carbons (Fsp3) is 0.200. The van der Waals surface area contributed by atoms with Crippen molar-refractivity contribution in [2.45, 2.75) is 6.54 Å². The van der Waals surface area contributed by atoms with Crippen molar-refractivity contribution in [1.82, 2.24) is 9.80 Å². The molecule has 0 saturated carbocycles. The van der Waals surface area contributed by atoms with Crippen LogP contribution in [0, 0.1) is 5.82 Å². The van der Waals surface area contributed by atoms with Crippen molar-refractivity contribution in [3.63, 3.8) is 0 Å². The lowest BCUT2D eigenvalue weighted by Crippen LogP contribution is -2.47. The van der Waals surface area contributed by atoms with E-state index in [1.807, 2.05) is 40.6 Å². The van der Waals surface area contributed by atoms with Crippen molar-refractivity contribution >= 4 is 34.4 Å². The number of thiophene rings is 1. The number of anilines is 1. The fourth-order valence-electron chi connectivity index (χ4n) is 4.24. The number of para-hydroxylation sites is 1. The lowest BCUT2D eigenvalue weighted by atomic mass is 10.1. The first kappa shape index (κ1) is 20.5. The van der Waals surface area contributed by atoms with Gasteiger partial charge in [0.2, 0.25) is 0 Å². The standard InChI is InChI=1S/C25H22FN3O2S/c26-19-10-8-18(9-11-19)17-29-24(30)22(21-7-4-16-32-21)23(25(29)31)28-14-12-27(13-15-28)20-5-2-1-3-6-20/h1-11,16H,12-15,17H2. The number of imide groups is 1. The Hall–Kier alpha value is -3.45. The molecule has 1 saturated heterocycles. The second-order valence-corrected chi connectivity index (χ2v) is 8.78. The molecule has 2 aliphatic heterocycles. The van der Waals surface area contributed by atoms with E-state index in [4.69, 9.17) is 0 Å². The molecule has 3 heterocycles. The van der Waals surface area contributed by atoms with E-state index in [9.17, 15) is 14.0 Å². The van der Waals surface area contributed by atoms with E-state index in [1.54, 1.807) is 12.1 Å². The molecular weight excluding hydrogens is 425 g/mol. The molecule has 1 aromatic heterocycles. The number of piperazine rings is 1. The van der Waals surface area contributed by atoms with Gasteiger partial charge in [0.05, 0.1) is 12.1 Å². The van der Waals surface area contributed by atoms with Gasteiger partial charge in [-0.2, -0.15) is 0 Å². The summed E-state index contributed by atoms with van der Waals surface area (Å²) in [5, 5.41) is 1.91. The number of rotatable bonds is 5. The van der Waals surface area contributed by atoms with E-state index < -0.39 is 0 Å². The molecule has 5 nitrogen and oxygen atoms in total. The normalized spacial score (nSPS) is 17.0. The molecule has 0 spiro atoms. The highest BCUT2D eigenvalue weighted by molar-refractivity contribution is 7.11. The summed E-state index contributed by atoms with van der Waals surface area (Å²) in [5.41, 5.74) is 2.83. The second kappa shape index (κ2) is 8.59. The third kappa shape index (κ3) is 3.80. The third-order valence-corrected chi connectivity index (χ3v) is 6.77. The van der Waals surface area contributed by atoms with Gasteiger partial charge in [0.25, 0.3) is 11.8 Å². The third-order valence-electron chi connectivity index (χ3n) is 5.88. The fourth-order valence-corrected chi connectivity index (χ4v) is 5.01. The highest BCUT2D eigenvalue weighted by atomic mass is 32.1. The number of halogens is 1. The van der Waals surface area contributed by atoms with Gasteiger partial charge in [0.15, 0.2) is 0 Å². The summed E-state index contributed by atoms with van der Waals surface area (Å²) >= 11 is 1.46. The molecular formula is C25H22FN3O2S. The number of hydrogen-bond acceptors (Lipinski definition) is 5. The predicted octanol–water partition coefficient (Wildman–Crippen LogP) is 3.99. The zero-order valence-electron chi connectivity index (χ0n) is 17.4. The van der Waals surface area contributed by atoms with Crippen LogP contribution in [0.25, 0.3) is 5.57 Å². The Kier molecular flexibility index (Phi) is 5.49. The van der Waals surface area contributed by atoms with Crippen molar-refractivity contribution in [1.29, 1.82) is 0 Å². The minimum absolute atomic E-state index is 0.125. The highest BCUT2D eigenvalue weighted by Crippen LogP contribution is 2.35. The van der Waals surface area contributed by atoms with E-state index in [0.29, 0.717) is 29.9 Å². The monoisotopic (exact) mass is 447 g/mol. The van der Waals surface area contributed by atoms with Gasteiger partial charge < -0.3 is 9.80 Å². The van der Waals surface area contributed by atoms with Gasteiger partial charge in [0.1, 0.15) is 11.5 Å². The summed E-state index contributed by atoms with van der Waals surface area (Å²) in [5.74, 6) is -0.916. The lowest BCUT2D eigenvalue weighted by molar-refractivity contribution is -0.138. The molecule has 162 valence electrons. The number of carbonyl (C=O) groups is 2. The van der Waals surface area contributed by atoms with Crippen LogP contribution in [0.15, 0.2) is 77.8 Å². The van der Waals surface area contributed by atoms with Gasteiger partial charge in [-0.1, -0.05) is 36.4 Å². The van der Waals surface area contributed by atoms with Crippen LogP contribution in [0.1, 0.15) is 10.4 Å². The van der Waals surface area contributed by atoms with Crippen LogP contribution < -0.4 is 4.90 Å². The predicted molar refractivity (Wildman–Crippen MR) is 123 cm³/mol. The molecule has 0 unspecified atom stereocenters. The molecule has 3 aromatic rings. The largest absolute Gasteiger partial charge is 0.368 e. The molecule has 2 aromatic carbocycles. The number of carbonyl (C=O) groups excluding carboxylic acids is 2. The van der Waals surface area contributed by atoms with Gasteiger partial charge in [0, 0.05) is 36.7 Å². The molecule has 0 aliphatic carbocycles. The van der Waals surface area contributed by atoms with Gasteiger partial charge in [-0.3, -0.25) is 14.5 Å². The van der Waals surface area contributed by atoms with E-state index in [1.165, 1.54) is 28.4 Å². The Morgan fingerprint density at radius 2 is 1.47 bits per heavy atom. The summed E-state index contributed by atoms with van der Waals surface area (Å²) in [6.07, 6.45) is 0. The maximum Gasteiger partial charge on any atom is 0.278 e. The lowest BCUT2D eigenvalue weighted by Gasteiger charge is -2.37. The van der Waals surface area contributed by atoms with Gasteiger partial charge in [-0.05, 0) is 41.3 Å². The molecule has 7 heteroatoms. The molecule has 5 rings (SSSR count). The van der Waals surface area contributed by atoms with E-state index in [0.717, 1.165) is 23.7 Å². The maximum absolute atomic E-state index is 13.5. The zero-order valence-corrected chi connectivity index (χ0v) is 18.2. The number of amides is 2. The van der Waals surface area contributed by atoms with E-state index >= 15 is 0 Å². The summed E-state index contributed by atoms with van der Waals surface area (Å²) in [4.78, 5) is 33.2. The molecule has 2 aliphatic rings. The molecule has 0 N–H and O–H groups in total. The molecule has 2 amide bonds. The quantitative estimate of drug-likeness (QED) is 0.555. The summed E-state index contributed by atoms with van der Waals surface area (Å²) in [6.45, 7) is 2.97. The van der Waals surface area contributed by atoms with E-state index in [-0.39, 0.29) is 24.2 Å². The average Bonchev–Trinajstić information content (AvgIpc) is 3.44. The highest BCUT2D eigenvalue weighted by Gasteiger charge is 2.42. The van der Waals surface area contributed by atoms with E-state index in [2.05, 4.69) is 17.0 Å². The Balaban J connectivity index is 1.41. The molecule has 0 bridgehead atoms. The Labute approximate surface area is 190 Å². The first-order valence-corrected chi connectivity index (χ1v) is 11.4. The minimum atomic E-state index is -0.345. The van der Waals surface area contributed by atoms with Gasteiger partial charge >= 0.3 is 0 Å². The maximum atomic E-state index is 13.5. The van der Waals surface area contributed by atoms with Crippen LogP contribution in [-0.4, -0.2) is 47.8 Å². The first-order chi connectivity index (χ1) is 15.6. The Bertz CT molecular complexity index is 1150. The van der Waals surface area contributed by atoms with Crippen molar-refractivity contribution in [2.75, 3.05) is 31.1 Å². The van der Waals surface area contributed by atoms with Crippen molar-refractivity contribution in [3.05, 3.63) is 94.1 Å². The van der Waals surface area contributed by atoms with Crippen molar-refractivity contribution < 1.29 is 14.0 Å². The SMILES string of the molecule is O=C1C(c2cccs2)=C(N2CCN(c3ccccc3)CC2)C(=O)N1Cc1ccc(F)cc1. The summed E-state index contributed by atoms with van der Waals surface area (Å²) in [6, 6.07) is 19.9. The van der Waals surface area contributed by atoms with Crippen LogP contribution in [0.5, 0.6) is 0 Å². The number of hydrogen-bond donors (Lipinski definition) is 0. The summed E-state index contributed by atoms with van der Waals surface area (Å²) in [7, 11) is 0. The van der Waals surface area contributed by atoms with Crippen LogP contribution in [0.2, 0.25) is 0 Å². The average molecular weight is 448 g/mol.